The molecule has 0 amide bonds. The maximum absolute atomic E-state index is 10.8. The van der Waals surface area contributed by atoms with Gasteiger partial charge >= 0.3 is 0 Å². The van der Waals surface area contributed by atoms with E-state index in [1.165, 1.54) is 0 Å². The van der Waals surface area contributed by atoms with Gasteiger partial charge in [0.1, 0.15) is 6.61 Å². The van der Waals surface area contributed by atoms with Crippen molar-refractivity contribution in [1.82, 2.24) is 0 Å². The van der Waals surface area contributed by atoms with E-state index in [0.717, 1.165) is 0 Å². The summed E-state index contributed by atoms with van der Waals surface area (Å²) in [6.45, 7) is 0.285. The minimum atomic E-state index is -0.0389. The molecule has 1 N–H and O–H groups in total. The van der Waals surface area contributed by atoms with Crippen molar-refractivity contribution in [1.29, 1.82) is 0 Å². The van der Waals surface area contributed by atoms with E-state index in [2.05, 4.69) is 0 Å². The van der Waals surface area contributed by atoms with Crippen LogP contribution in [0, 0.1) is 0 Å². The molecule has 0 saturated carbocycles. The minimum absolute atomic E-state index is 0.0389. The van der Waals surface area contributed by atoms with E-state index in [4.69, 9.17) is 21.4 Å². The number of ketones is 1. The number of alkyl halides is 1. The van der Waals surface area contributed by atoms with Crippen molar-refractivity contribution in [3.8, 4) is 0 Å². The molecular formula is C7H13ClO3. The first-order valence-electron chi connectivity index (χ1n) is 3.57. The van der Waals surface area contributed by atoms with Crippen LogP contribution in [-0.4, -0.2) is 36.6 Å². The van der Waals surface area contributed by atoms with E-state index in [0.29, 0.717) is 18.7 Å². The quantitative estimate of drug-likeness (QED) is 0.461. The lowest BCUT2D eigenvalue weighted by Gasteiger charge is -1.99. The van der Waals surface area contributed by atoms with E-state index in [1.54, 1.807) is 0 Å². The van der Waals surface area contributed by atoms with Crippen molar-refractivity contribution in [2.75, 3.05) is 25.7 Å². The molecule has 3 nitrogen and oxygen atoms in total. The number of halogens is 1. The SMILES string of the molecule is O=C(CCCCl)COCCO. The fraction of sp³-hybridized carbons (Fsp3) is 0.857. The summed E-state index contributed by atoms with van der Waals surface area (Å²) < 4.78 is 4.80. The van der Waals surface area contributed by atoms with E-state index in [9.17, 15) is 4.79 Å². The monoisotopic (exact) mass is 180 g/mol. The molecule has 66 valence electrons. The van der Waals surface area contributed by atoms with Gasteiger partial charge in [-0.2, -0.15) is 0 Å². The number of hydrogen-bond donors (Lipinski definition) is 1. The number of ether oxygens (including phenoxy) is 1. The Balaban J connectivity index is 3.09. The van der Waals surface area contributed by atoms with Crippen LogP contribution in [0.15, 0.2) is 0 Å². The first-order chi connectivity index (χ1) is 5.31. The molecule has 11 heavy (non-hydrogen) atoms. The number of Topliss-reactive ketones (excluding diaryl/α,β-unsaturated/α-hetero) is 1. The predicted octanol–water partition coefficient (Wildman–Crippen LogP) is 0.583. The molecule has 0 aromatic rings. The van der Waals surface area contributed by atoms with Crippen molar-refractivity contribution >= 4 is 17.4 Å². The molecule has 0 aromatic carbocycles. The van der Waals surface area contributed by atoms with Gasteiger partial charge in [0, 0.05) is 12.3 Å². The van der Waals surface area contributed by atoms with E-state index < -0.39 is 0 Å². The smallest absolute Gasteiger partial charge is 0.158 e. The fourth-order valence-corrected chi connectivity index (χ4v) is 0.720. The number of carbonyl (C=O) groups is 1. The largest absolute Gasteiger partial charge is 0.394 e. The molecular weight excluding hydrogens is 168 g/mol. The average Bonchev–Trinajstić information content (AvgIpc) is 2.01. The normalized spacial score (nSPS) is 10.0. The number of aliphatic hydroxyl groups excluding tert-OH is 1. The molecule has 0 unspecified atom stereocenters. The van der Waals surface area contributed by atoms with Crippen LogP contribution in [0.4, 0.5) is 0 Å². The summed E-state index contributed by atoms with van der Waals surface area (Å²) in [6.07, 6.45) is 1.16. The third-order valence-electron chi connectivity index (χ3n) is 1.09. The lowest BCUT2D eigenvalue weighted by molar-refractivity contribution is -0.123. The summed E-state index contributed by atoms with van der Waals surface area (Å²) in [5.74, 6) is 0.547. The van der Waals surface area contributed by atoms with E-state index in [1.807, 2.05) is 0 Å². The molecule has 0 rings (SSSR count). The summed E-state index contributed by atoms with van der Waals surface area (Å²) in [4.78, 5) is 10.8. The lowest BCUT2D eigenvalue weighted by atomic mass is 10.2. The summed E-state index contributed by atoms with van der Waals surface area (Å²) >= 11 is 5.37. The zero-order chi connectivity index (χ0) is 8.53. The summed E-state index contributed by atoms with van der Waals surface area (Å²) in [5, 5.41) is 8.30. The van der Waals surface area contributed by atoms with Crippen molar-refractivity contribution in [2.45, 2.75) is 12.8 Å². The Labute approximate surface area is 71.3 Å². The van der Waals surface area contributed by atoms with Crippen molar-refractivity contribution < 1.29 is 14.6 Å². The maximum Gasteiger partial charge on any atom is 0.158 e. The summed E-state index contributed by atoms with van der Waals surface area (Å²) in [6, 6.07) is 0. The van der Waals surface area contributed by atoms with Crippen molar-refractivity contribution in [3.63, 3.8) is 0 Å². The Morgan fingerprint density at radius 3 is 2.82 bits per heavy atom. The molecule has 0 aromatic heterocycles. The van der Waals surface area contributed by atoms with Crippen LogP contribution in [0.3, 0.4) is 0 Å². The van der Waals surface area contributed by atoms with Crippen LogP contribution in [0.5, 0.6) is 0 Å². The lowest BCUT2D eigenvalue weighted by Crippen LogP contribution is -2.10. The third kappa shape index (κ3) is 7.78. The van der Waals surface area contributed by atoms with Crippen LogP contribution < -0.4 is 0 Å². The molecule has 0 fully saturated rings. The second kappa shape index (κ2) is 7.98. The Morgan fingerprint density at radius 1 is 1.55 bits per heavy atom. The first kappa shape index (κ1) is 10.9. The molecule has 0 aliphatic carbocycles. The minimum Gasteiger partial charge on any atom is -0.394 e. The van der Waals surface area contributed by atoms with Gasteiger partial charge in [-0.1, -0.05) is 0 Å². The third-order valence-corrected chi connectivity index (χ3v) is 1.36. The molecule has 0 bridgehead atoms. The van der Waals surface area contributed by atoms with Gasteiger partial charge in [0.15, 0.2) is 5.78 Å². The molecule has 0 aliphatic heterocycles. The van der Waals surface area contributed by atoms with Gasteiger partial charge in [-0.3, -0.25) is 4.79 Å². The fourth-order valence-electron chi connectivity index (χ4n) is 0.587. The van der Waals surface area contributed by atoms with Gasteiger partial charge in [-0.15, -0.1) is 11.6 Å². The highest BCUT2D eigenvalue weighted by Gasteiger charge is 1.99. The number of hydrogen-bond acceptors (Lipinski definition) is 3. The van der Waals surface area contributed by atoms with Crippen molar-refractivity contribution in [3.05, 3.63) is 0 Å². The van der Waals surface area contributed by atoms with Gasteiger partial charge in [0.2, 0.25) is 0 Å². The van der Waals surface area contributed by atoms with E-state index >= 15 is 0 Å². The second-order valence-electron chi connectivity index (χ2n) is 2.11. The van der Waals surface area contributed by atoms with Crippen LogP contribution >= 0.6 is 11.6 Å². The van der Waals surface area contributed by atoms with Crippen LogP contribution in [0.25, 0.3) is 0 Å². The molecule has 4 heteroatoms. The number of carbonyl (C=O) groups excluding carboxylic acids is 1. The Bertz CT molecular complexity index is 106. The molecule has 0 aliphatic rings. The predicted molar refractivity (Wildman–Crippen MR) is 42.9 cm³/mol. The van der Waals surface area contributed by atoms with Crippen LogP contribution in [0.1, 0.15) is 12.8 Å². The highest BCUT2D eigenvalue weighted by molar-refractivity contribution is 6.17. The number of rotatable bonds is 7. The maximum atomic E-state index is 10.8. The zero-order valence-corrected chi connectivity index (χ0v) is 7.14. The Morgan fingerprint density at radius 2 is 2.27 bits per heavy atom. The summed E-state index contributed by atoms with van der Waals surface area (Å²) in [5.41, 5.74) is 0. The first-order valence-corrected chi connectivity index (χ1v) is 4.11. The van der Waals surface area contributed by atoms with Gasteiger partial charge in [-0.05, 0) is 6.42 Å². The van der Waals surface area contributed by atoms with Crippen molar-refractivity contribution in [2.24, 2.45) is 0 Å². The van der Waals surface area contributed by atoms with Crippen LogP contribution in [-0.2, 0) is 9.53 Å². The standard InChI is InChI=1S/C7H13ClO3/c8-3-1-2-7(10)6-11-5-4-9/h9H,1-6H2. The molecule has 0 saturated heterocycles. The van der Waals surface area contributed by atoms with Gasteiger partial charge in [-0.25, -0.2) is 0 Å². The zero-order valence-electron chi connectivity index (χ0n) is 6.38. The highest BCUT2D eigenvalue weighted by atomic mass is 35.5. The van der Waals surface area contributed by atoms with Crippen LogP contribution in [0.2, 0.25) is 0 Å². The molecule has 0 heterocycles. The highest BCUT2D eigenvalue weighted by Crippen LogP contribution is 1.93. The Kier molecular flexibility index (Phi) is 7.89. The van der Waals surface area contributed by atoms with E-state index in [-0.39, 0.29) is 25.6 Å². The topological polar surface area (TPSA) is 46.5 Å². The van der Waals surface area contributed by atoms with Gasteiger partial charge in [0.25, 0.3) is 0 Å². The molecule has 0 radical (unpaired) electrons. The molecule has 0 atom stereocenters. The average molecular weight is 181 g/mol. The second-order valence-corrected chi connectivity index (χ2v) is 2.49. The van der Waals surface area contributed by atoms with Gasteiger partial charge < -0.3 is 9.84 Å². The number of aliphatic hydroxyl groups is 1. The molecule has 0 spiro atoms. The van der Waals surface area contributed by atoms with Gasteiger partial charge in [0.05, 0.1) is 13.2 Å². The Hall–Kier alpha value is -0.120. The summed E-state index contributed by atoms with van der Waals surface area (Å²) in [7, 11) is 0.